The van der Waals surface area contributed by atoms with Crippen LogP contribution in [-0.2, 0) is 11.3 Å². The van der Waals surface area contributed by atoms with Crippen molar-refractivity contribution in [3.05, 3.63) is 58.0 Å². The van der Waals surface area contributed by atoms with Crippen molar-refractivity contribution in [2.75, 3.05) is 0 Å². The monoisotopic (exact) mass is 389 g/mol. The van der Waals surface area contributed by atoms with Crippen molar-refractivity contribution in [3.63, 3.8) is 0 Å². The number of benzene rings is 1. The number of hydrogen-bond donors (Lipinski definition) is 0. The van der Waals surface area contributed by atoms with Crippen LogP contribution >= 0.6 is 23.1 Å². The topological polar surface area (TPSA) is 45.0 Å². The van der Waals surface area contributed by atoms with Gasteiger partial charge in [-0.05, 0) is 35.6 Å². The normalized spacial score (nSPS) is 19.2. The molecule has 1 aromatic heterocycles. The van der Waals surface area contributed by atoms with Crippen molar-refractivity contribution in [1.29, 1.82) is 0 Å². The van der Waals surface area contributed by atoms with Gasteiger partial charge in [-0.1, -0.05) is 49.7 Å². The fourth-order valence-corrected chi connectivity index (χ4v) is 4.30. The van der Waals surface area contributed by atoms with E-state index in [2.05, 4.69) is 17.1 Å². The molecule has 7 heteroatoms. The molecule has 1 fully saturated rings. The van der Waals surface area contributed by atoms with Gasteiger partial charge in [0.1, 0.15) is 5.82 Å². The van der Waals surface area contributed by atoms with Crippen LogP contribution in [0.5, 0.6) is 0 Å². The first-order valence-corrected chi connectivity index (χ1v) is 10.3. The number of halogens is 1. The Morgan fingerprint density at radius 3 is 2.77 bits per heavy atom. The van der Waals surface area contributed by atoms with E-state index < -0.39 is 0 Å². The van der Waals surface area contributed by atoms with E-state index in [1.165, 1.54) is 23.9 Å². The minimum atomic E-state index is -0.286. The summed E-state index contributed by atoms with van der Waals surface area (Å²) in [7, 11) is 0. The number of thioether (sulfide) groups is 1. The zero-order valence-corrected chi connectivity index (χ0v) is 16.1. The van der Waals surface area contributed by atoms with Crippen LogP contribution in [0.3, 0.4) is 0 Å². The summed E-state index contributed by atoms with van der Waals surface area (Å²) < 4.78 is 13.1. The Morgan fingerprint density at radius 2 is 2.08 bits per heavy atom. The third-order valence-corrected chi connectivity index (χ3v) is 6.01. The molecule has 1 saturated heterocycles. The van der Waals surface area contributed by atoms with E-state index in [0.29, 0.717) is 11.7 Å². The number of unbranched alkanes of at least 4 members (excludes halogenated alkanes) is 1. The average molecular weight is 390 g/mol. The van der Waals surface area contributed by atoms with Gasteiger partial charge >= 0.3 is 0 Å². The number of thiophene rings is 1. The molecule has 3 rings (SSSR count). The van der Waals surface area contributed by atoms with Crippen molar-refractivity contribution in [1.82, 2.24) is 4.90 Å². The standard InChI is InChI=1S/C19H20FN3OS2/c1-2-3-6-17-18(24)23(13-14-7-9-15(20)10-8-14)19(26-17)22-21-12-16-5-4-11-25-16/h4-5,7-12,17H,2-3,6,13H2,1H3/b21-12+,22-19+. The molecule has 0 aliphatic carbocycles. The number of carbonyl (C=O) groups is 1. The largest absolute Gasteiger partial charge is 0.284 e. The number of carbonyl (C=O) groups excluding carboxylic acids is 1. The number of nitrogens with zero attached hydrogens (tertiary/aromatic N) is 3. The quantitative estimate of drug-likeness (QED) is 0.499. The van der Waals surface area contributed by atoms with Crippen LogP contribution in [0.15, 0.2) is 52.0 Å². The molecule has 1 amide bonds. The van der Waals surface area contributed by atoms with Gasteiger partial charge in [-0.2, -0.15) is 5.10 Å². The van der Waals surface area contributed by atoms with E-state index in [9.17, 15) is 9.18 Å². The predicted molar refractivity (Wildman–Crippen MR) is 107 cm³/mol. The van der Waals surface area contributed by atoms with Gasteiger partial charge in [0.05, 0.1) is 18.0 Å². The molecule has 1 atom stereocenters. The molecule has 2 heterocycles. The van der Waals surface area contributed by atoms with Crippen LogP contribution in [0.1, 0.15) is 36.6 Å². The zero-order valence-electron chi connectivity index (χ0n) is 14.5. The number of amidine groups is 1. The van der Waals surface area contributed by atoms with E-state index in [4.69, 9.17) is 0 Å². The van der Waals surface area contributed by atoms with Crippen LogP contribution in [0.2, 0.25) is 0 Å². The van der Waals surface area contributed by atoms with Crippen molar-refractivity contribution < 1.29 is 9.18 Å². The Kier molecular flexibility index (Phi) is 6.57. The maximum atomic E-state index is 13.1. The van der Waals surface area contributed by atoms with Gasteiger partial charge < -0.3 is 0 Å². The molecule has 2 aromatic rings. The summed E-state index contributed by atoms with van der Waals surface area (Å²) >= 11 is 3.05. The molecule has 0 spiro atoms. The molecule has 136 valence electrons. The van der Waals surface area contributed by atoms with E-state index in [1.54, 1.807) is 34.6 Å². The van der Waals surface area contributed by atoms with Crippen LogP contribution < -0.4 is 0 Å². The predicted octanol–water partition coefficient (Wildman–Crippen LogP) is 4.91. The highest BCUT2D eigenvalue weighted by molar-refractivity contribution is 8.15. The third kappa shape index (κ3) is 4.80. The second-order valence-corrected chi connectivity index (χ2v) is 8.09. The third-order valence-electron chi connectivity index (χ3n) is 3.97. The maximum absolute atomic E-state index is 13.1. The first-order chi connectivity index (χ1) is 12.7. The SMILES string of the molecule is CCCCC1S/C(=N/N=C/c2cccs2)N(Cc2ccc(F)cc2)C1=O. The van der Waals surface area contributed by atoms with Gasteiger partial charge in [0.25, 0.3) is 0 Å². The summed E-state index contributed by atoms with van der Waals surface area (Å²) in [5.41, 5.74) is 0.867. The van der Waals surface area contributed by atoms with Crippen molar-refractivity contribution in [3.8, 4) is 0 Å². The minimum Gasteiger partial charge on any atom is -0.284 e. The zero-order chi connectivity index (χ0) is 18.4. The fourth-order valence-electron chi connectivity index (χ4n) is 2.58. The summed E-state index contributed by atoms with van der Waals surface area (Å²) in [6, 6.07) is 10.1. The molecular formula is C19H20FN3OS2. The van der Waals surface area contributed by atoms with Gasteiger partial charge in [-0.25, -0.2) is 4.39 Å². The number of amides is 1. The van der Waals surface area contributed by atoms with Crippen LogP contribution in [0.25, 0.3) is 0 Å². The van der Waals surface area contributed by atoms with E-state index in [-0.39, 0.29) is 17.0 Å². The van der Waals surface area contributed by atoms with Crippen LogP contribution in [-0.4, -0.2) is 27.4 Å². The molecule has 1 unspecified atom stereocenters. The summed E-state index contributed by atoms with van der Waals surface area (Å²) in [6.07, 6.45) is 4.57. The van der Waals surface area contributed by atoms with Gasteiger partial charge in [0, 0.05) is 4.88 Å². The summed E-state index contributed by atoms with van der Waals surface area (Å²) in [6.45, 7) is 2.49. The van der Waals surface area contributed by atoms with Gasteiger partial charge in [-0.3, -0.25) is 9.69 Å². The second-order valence-electron chi connectivity index (χ2n) is 5.94. The molecule has 1 aromatic carbocycles. The highest BCUT2D eigenvalue weighted by Gasteiger charge is 2.37. The summed E-state index contributed by atoms with van der Waals surface area (Å²) in [4.78, 5) is 15.5. The molecule has 4 nitrogen and oxygen atoms in total. The Labute approximate surface area is 160 Å². The molecule has 1 aliphatic heterocycles. The molecule has 1 aliphatic rings. The lowest BCUT2D eigenvalue weighted by atomic mass is 10.1. The fraction of sp³-hybridized carbons (Fsp3) is 0.316. The Bertz CT molecular complexity index is 788. The van der Waals surface area contributed by atoms with Gasteiger partial charge in [0.15, 0.2) is 5.17 Å². The molecule has 0 radical (unpaired) electrons. The van der Waals surface area contributed by atoms with Crippen molar-refractivity contribution in [2.45, 2.75) is 38.0 Å². The average Bonchev–Trinajstić information content (AvgIpc) is 3.25. The highest BCUT2D eigenvalue weighted by atomic mass is 32.2. The first-order valence-electron chi connectivity index (χ1n) is 8.54. The Morgan fingerprint density at radius 1 is 1.27 bits per heavy atom. The molecule has 26 heavy (non-hydrogen) atoms. The molecular weight excluding hydrogens is 369 g/mol. The van der Waals surface area contributed by atoms with Crippen molar-refractivity contribution >= 4 is 40.4 Å². The molecule has 0 saturated carbocycles. The summed E-state index contributed by atoms with van der Waals surface area (Å²) in [5.74, 6) is -0.232. The Hall–Kier alpha value is -1.99. The van der Waals surface area contributed by atoms with E-state index >= 15 is 0 Å². The lowest BCUT2D eigenvalue weighted by Gasteiger charge is -2.15. The smallest absolute Gasteiger partial charge is 0.242 e. The van der Waals surface area contributed by atoms with E-state index in [0.717, 1.165) is 29.7 Å². The highest BCUT2D eigenvalue weighted by Crippen LogP contribution is 2.32. The first kappa shape index (κ1) is 18.8. The number of rotatable bonds is 7. The molecule has 0 bridgehead atoms. The minimum absolute atomic E-state index is 0.0536. The summed E-state index contributed by atoms with van der Waals surface area (Å²) in [5, 5.41) is 10.9. The van der Waals surface area contributed by atoms with Crippen LogP contribution in [0, 0.1) is 5.82 Å². The van der Waals surface area contributed by atoms with Gasteiger partial charge in [-0.15, -0.1) is 16.4 Å². The Balaban J connectivity index is 1.78. The lowest BCUT2D eigenvalue weighted by Crippen LogP contribution is -2.31. The second kappa shape index (κ2) is 9.09. The van der Waals surface area contributed by atoms with Crippen LogP contribution in [0.4, 0.5) is 4.39 Å². The van der Waals surface area contributed by atoms with Crippen molar-refractivity contribution in [2.24, 2.45) is 10.2 Å². The van der Waals surface area contributed by atoms with Gasteiger partial charge in [0.2, 0.25) is 5.91 Å². The number of hydrogen-bond acceptors (Lipinski definition) is 5. The molecule has 0 N–H and O–H groups in total. The lowest BCUT2D eigenvalue weighted by molar-refractivity contribution is -0.126. The van der Waals surface area contributed by atoms with E-state index in [1.807, 2.05) is 17.5 Å². The maximum Gasteiger partial charge on any atom is 0.242 e.